The van der Waals surface area contributed by atoms with Gasteiger partial charge in [-0.1, -0.05) is 54.2 Å². The molecule has 0 saturated heterocycles. The van der Waals surface area contributed by atoms with Crippen LogP contribution in [0, 0.1) is 0 Å². The average Bonchev–Trinajstić information content (AvgIpc) is 3.03. The van der Waals surface area contributed by atoms with Crippen LogP contribution < -0.4 is 10.5 Å². The van der Waals surface area contributed by atoms with Gasteiger partial charge in [0.05, 0.1) is 18.6 Å². The van der Waals surface area contributed by atoms with Crippen molar-refractivity contribution >= 4 is 17.7 Å². The van der Waals surface area contributed by atoms with Gasteiger partial charge in [-0.3, -0.25) is 9.36 Å². The second kappa shape index (κ2) is 7.85. The minimum absolute atomic E-state index is 0.138. The zero-order chi connectivity index (χ0) is 17.6. The Morgan fingerprint density at radius 3 is 2.56 bits per heavy atom. The van der Waals surface area contributed by atoms with Crippen LogP contribution in [-0.2, 0) is 11.2 Å². The van der Waals surface area contributed by atoms with E-state index < -0.39 is 5.91 Å². The third-order valence-electron chi connectivity index (χ3n) is 3.58. The molecule has 2 aromatic carbocycles. The topological polar surface area (TPSA) is 83.0 Å². The van der Waals surface area contributed by atoms with Crippen molar-refractivity contribution in [2.24, 2.45) is 5.73 Å². The summed E-state index contributed by atoms with van der Waals surface area (Å²) in [5, 5.41) is 9.18. The van der Waals surface area contributed by atoms with Gasteiger partial charge in [0, 0.05) is 6.42 Å². The molecule has 0 radical (unpaired) electrons. The van der Waals surface area contributed by atoms with Crippen molar-refractivity contribution in [2.75, 3.05) is 12.9 Å². The highest BCUT2D eigenvalue weighted by Gasteiger charge is 2.18. The van der Waals surface area contributed by atoms with E-state index in [0.717, 1.165) is 17.1 Å². The van der Waals surface area contributed by atoms with Crippen molar-refractivity contribution < 1.29 is 9.53 Å². The number of nitrogens with two attached hydrogens (primary N) is 1. The summed E-state index contributed by atoms with van der Waals surface area (Å²) >= 11 is 1.26. The van der Waals surface area contributed by atoms with E-state index in [1.807, 2.05) is 59.2 Å². The Hall–Kier alpha value is -2.80. The first-order valence-electron chi connectivity index (χ1n) is 7.71. The van der Waals surface area contributed by atoms with Gasteiger partial charge in [0.15, 0.2) is 5.16 Å². The Morgan fingerprint density at radius 2 is 1.84 bits per heavy atom. The van der Waals surface area contributed by atoms with E-state index in [9.17, 15) is 4.79 Å². The number of ether oxygens (including phenoxy) is 1. The molecule has 1 aromatic heterocycles. The molecule has 0 aliphatic rings. The number of hydrogen-bond acceptors (Lipinski definition) is 5. The lowest BCUT2D eigenvalue weighted by molar-refractivity contribution is -0.115. The van der Waals surface area contributed by atoms with Crippen LogP contribution in [0.5, 0.6) is 5.75 Å². The largest absolute Gasteiger partial charge is 0.495 e. The van der Waals surface area contributed by atoms with Gasteiger partial charge in [0.1, 0.15) is 11.6 Å². The number of nitrogens with zero attached hydrogens (tertiary/aromatic N) is 3. The number of rotatable bonds is 7. The minimum atomic E-state index is -0.399. The molecule has 0 aliphatic carbocycles. The quantitative estimate of drug-likeness (QED) is 0.659. The van der Waals surface area contributed by atoms with Gasteiger partial charge in [-0.15, -0.1) is 10.2 Å². The minimum Gasteiger partial charge on any atom is -0.495 e. The highest BCUT2D eigenvalue weighted by molar-refractivity contribution is 7.99. The number of carbonyl (C=O) groups excluding carboxylic acids is 1. The van der Waals surface area contributed by atoms with Crippen LogP contribution in [0.1, 0.15) is 11.4 Å². The summed E-state index contributed by atoms with van der Waals surface area (Å²) in [6.45, 7) is 0. The molecule has 7 heteroatoms. The predicted octanol–water partition coefficient (Wildman–Crippen LogP) is 2.44. The summed E-state index contributed by atoms with van der Waals surface area (Å²) in [6, 6.07) is 17.7. The lowest BCUT2D eigenvalue weighted by atomic mass is 10.1. The maximum absolute atomic E-state index is 11.2. The monoisotopic (exact) mass is 354 g/mol. The molecule has 25 heavy (non-hydrogen) atoms. The second-order valence-electron chi connectivity index (χ2n) is 5.32. The molecule has 6 nitrogen and oxygen atoms in total. The van der Waals surface area contributed by atoms with Crippen molar-refractivity contribution in [2.45, 2.75) is 11.6 Å². The van der Waals surface area contributed by atoms with Crippen LogP contribution in [0.15, 0.2) is 59.8 Å². The normalized spacial score (nSPS) is 10.6. The third-order valence-corrected chi connectivity index (χ3v) is 4.53. The third kappa shape index (κ3) is 4.00. The number of hydrogen-bond donors (Lipinski definition) is 1. The number of carbonyl (C=O) groups is 1. The molecule has 0 fully saturated rings. The first-order chi connectivity index (χ1) is 12.2. The molecule has 0 spiro atoms. The number of methoxy groups -OCH3 is 1. The van der Waals surface area contributed by atoms with Crippen LogP contribution in [0.4, 0.5) is 0 Å². The van der Waals surface area contributed by atoms with Gasteiger partial charge in [-0.05, 0) is 17.7 Å². The van der Waals surface area contributed by atoms with Gasteiger partial charge >= 0.3 is 0 Å². The fourth-order valence-electron chi connectivity index (χ4n) is 2.48. The summed E-state index contributed by atoms with van der Waals surface area (Å²) in [7, 11) is 1.62. The number of benzene rings is 2. The lowest BCUT2D eigenvalue weighted by Crippen LogP contribution is -2.14. The highest BCUT2D eigenvalue weighted by Crippen LogP contribution is 2.29. The molecule has 0 atom stereocenters. The van der Waals surface area contributed by atoms with Gasteiger partial charge in [0.2, 0.25) is 5.91 Å². The van der Waals surface area contributed by atoms with E-state index >= 15 is 0 Å². The zero-order valence-corrected chi connectivity index (χ0v) is 14.6. The molecular formula is C18H18N4O2S. The maximum atomic E-state index is 11.2. The van der Waals surface area contributed by atoms with E-state index in [2.05, 4.69) is 10.2 Å². The summed E-state index contributed by atoms with van der Waals surface area (Å²) < 4.78 is 7.39. The van der Waals surface area contributed by atoms with Crippen molar-refractivity contribution in [3.63, 3.8) is 0 Å². The molecule has 1 amide bonds. The molecular weight excluding hydrogens is 336 g/mol. The van der Waals surface area contributed by atoms with Crippen LogP contribution in [0.3, 0.4) is 0 Å². The molecule has 0 saturated carbocycles. The molecule has 2 N–H and O–H groups in total. The number of amides is 1. The molecule has 0 bridgehead atoms. The summed E-state index contributed by atoms with van der Waals surface area (Å²) in [6.07, 6.45) is 0.614. The molecule has 0 unspecified atom stereocenters. The van der Waals surface area contributed by atoms with E-state index in [0.29, 0.717) is 17.3 Å². The molecule has 3 rings (SSSR count). The first kappa shape index (κ1) is 17.0. The Kier molecular flexibility index (Phi) is 5.35. The van der Waals surface area contributed by atoms with Crippen LogP contribution >= 0.6 is 11.8 Å². The van der Waals surface area contributed by atoms with E-state index in [1.165, 1.54) is 11.8 Å². The molecule has 0 aliphatic heterocycles. The molecule has 3 aromatic rings. The SMILES string of the molecule is COc1ccccc1-n1c(Cc2ccccc2)nnc1SCC(N)=O. The van der Waals surface area contributed by atoms with Gasteiger partial charge in [0.25, 0.3) is 0 Å². The second-order valence-corrected chi connectivity index (χ2v) is 6.27. The molecule has 128 valence electrons. The highest BCUT2D eigenvalue weighted by atomic mass is 32.2. The average molecular weight is 354 g/mol. The zero-order valence-electron chi connectivity index (χ0n) is 13.8. The number of aromatic nitrogens is 3. The lowest BCUT2D eigenvalue weighted by Gasteiger charge is -2.13. The van der Waals surface area contributed by atoms with Crippen molar-refractivity contribution in [1.29, 1.82) is 0 Å². The number of thioether (sulfide) groups is 1. The fraction of sp³-hybridized carbons (Fsp3) is 0.167. The van der Waals surface area contributed by atoms with Crippen LogP contribution in [0.2, 0.25) is 0 Å². The summed E-state index contributed by atoms with van der Waals surface area (Å²) in [4.78, 5) is 11.2. The fourth-order valence-corrected chi connectivity index (χ4v) is 3.18. The Labute approximate surface area is 150 Å². The van der Waals surface area contributed by atoms with Gasteiger partial charge < -0.3 is 10.5 Å². The Morgan fingerprint density at radius 1 is 1.12 bits per heavy atom. The van der Waals surface area contributed by atoms with E-state index in [1.54, 1.807) is 7.11 Å². The van der Waals surface area contributed by atoms with Gasteiger partial charge in [-0.2, -0.15) is 0 Å². The van der Waals surface area contributed by atoms with Crippen molar-refractivity contribution in [1.82, 2.24) is 14.8 Å². The number of primary amides is 1. The summed E-state index contributed by atoms with van der Waals surface area (Å²) in [5.74, 6) is 1.21. The standard InChI is InChI=1S/C18H18N4O2S/c1-24-15-10-6-5-9-14(15)22-17(11-13-7-3-2-4-8-13)20-21-18(22)25-12-16(19)23/h2-10H,11-12H2,1H3,(H2,19,23). The number of para-hydroxylation sites is 2. The van der Waals surface area contributed by atoms with E-state index in [4.69, 9.17) is 10.5 Å². The Balaban J connectivity index is 2.05. The van der Waals surface area contributed by atoms with Crippen LogP contribution in [-0.4, -0.2) is 33.5 Å². The predicted molar refractivity (Wildman–Crippen MR) is 97.1 cm³/mol. The van der Waals surface area contributed by atoms with Gasteiger partial charge in [-0.25, -0.2) is 0 Å². The smallest absolute Gasteiger partial charge is 0.227 e. The molecule has 1 heterocycles. The maximum Gasteiger partial charge on any atom is 0.227 e. The Bertz CT molecular complexity index is 865. The van der Waals surface area contributed by atoms with Crippen molar-refractivity contribution in [3.8, 4) is 11.4 Å². The van der Waals surface area contributed by atoms with Crippen LogP contribution in [0.25, 0.3) is 5.69 Å². The van der Waals surface area contributed by atoms with E-state index in [-0.39, 0.29) is 5.75 Å². The summed E-state index contributed by atoms with van der Waals surface area (Å²) in [5.41, 5.74) is 7.22. The van der Waals surface area contributed by atoms with Crippen molar-refractivity contribution in [3.05, 3.63) is 66.0 Å². The first-order valence-corrected chi connectivity index (χ1v) is 8.70.